The van der Waals surface area contributed by atoms with E-state index >= 15 is 0 Å². The summed E-state index contributed by atoms with van der Waals surface area (Å²) in [4.78, 5) is 12.0. The van der Waals surface area contributed by atoms with Gasteiger partial charge in [0.1, 0.15) is 0 Å². The summed E-state index contributed by atoms with van der Waals surface area (Å²) >= 11 is 13.6. The molecule has 0 atom stereocenters. The van der Waals surface area contributed by atoms with Crippen molar-refractivity contribution >= 4 is 47.1 Å². The molecule has 0 aliphatic heterocycles. The number of hydrogen-bond donors (Lipinski definition) is 1. The number of rotatable bonds is 7. The Balaban J connectivity index is 1.56. The number of aromatic nitrogens is 1. The smallest absolute Gasteiger partial charge is 0.250 e. The highest BCUT2D eigenvalue weighted by molar-refractivity contribution is 7.99. The van der Waals surface area contributed by atoms with Gasteiger partial charge in [-0.05, 0) is 55.8 Å². The Morgan fingerprint density at radius 2 is 1.83 bits per heavy atom. The Hall–Kier alpha value is -2.21. The van der Waals surface area contributed by atoms with E-state index in [0.29, 0.717) is 15.8 Å². The molecule has 0 aliphatic rings. The van der Waals surface area contributed by atoms with E-state index in [4.69, 9.17) is 23.2 Å². The van der Waals surface area contributed by atoms with Gasteiger partial charge in [0.05, 0.1) is 12.0 Å². The molecule has 1 aromatic heterocycles. The maximum atomic E-state index is 12.0. The van der Waals surface area contributed by atoms with Crippen molar-refractivity contribution in [2.45, 2.75) is 19.6 Å². The number of nitrogens with one attached hydrogen (secondary N) is 1. The van der Waals surface area contributed by atoms with Crippen LogP contribution in [0.5, 0.6) is 0 Å². The summed E-state index contributed by atoms with van der Waals surface area (Å²) in [6.07, 6.45) is 1.67. The minimum absolute atomic E-state index is 0.142. The standard InChI is InChI=1S/C22H21Cl2N3OS/c1-15-9-18(16(2)27(15)21-8-4-7-20(24)11-21)12-25-26-22(28)14-29-13-17-5-3-6-19(23)10-17/h3-12H,13-14H2,1-2H3,(H,26,28)/b25-12+. The zero-order valence-corrected chi connectivity index (χ0v) is 18.5. The summed E-state index contributed by atoms with van der Waals surface area (Å²) in [5.74, 6) is 0.904. The van der Waals surface area contributed by atoms with Gasteiger partial charge in [-0.25, -0.2) is 5.43 Å². The molecular weight excluding hydrogens is 425 g/mol. The maximum Gasteiger partial charge on any atom is 0.250 e. The number of hydrazone groups is 1. The molecule has 0 saturated heterocycles. The third-order valence-electron chi connectivity index (χ3n) is 4.32. The molecule has 0 aliphatic carbocycles. The second-order valence-electron chi connectivity index (χ2n) is 6.56. The number of hydrogen-bond acceptors (Lipinski definition) is 3. The molecule has 150 valence electrons. The third-order valence-corrected chi connectivity index (χ3v) is 5.79. The SMILES string of the molecule is Cc1cc(/C=N/NC(=O)CSCc2cccc(Cl)c2)c(C)n1-c1cccc(Cl)c1. The van der Waals surface area contributed by atoms with Crippen LogP contribution in [-0.2, 0) is 10.5 Å². The fourth-order valence-corrected chi connectivity index (χ4v) is 4.19. The molecule has 0 saturated carbocycles. The van der Waals surface area contributed by atoms with Gasteiger partial charge in [-0.15, -0.1) is 11.8 Å². The van der Waals surface area contributed by atoms with Crippen LogP contribution in [0.4, 0.5) is 0 Å². The lowest BCUT2D eigenvalue weighted by Crippen LogP contribution is -2.19. The highest BCUT2D eigenvalue weighted by Crippen LogP contribution is 2.22. The third kappa shape index (κ3) is 5.89. The van der Waals surface area contributed by atoms with Crippen LogP contribution in [0.1, 0.15) is 22.5 Å². The van der Waals surface area contributed by atoms with E-state index in [1.807, 2.05) is 68.4 Å². The molecule has 2 aromatic carbocycles. The van der Waals surface area contributed by atoms with Gasteiger partial charge in [0.15, 0.2) is 0 Å². The number of carbonyl (C=O) groups excluding carboxylic acids is 1. The molecule has 0 unspecified atom stereocenters. The number of amides is 1. The summed E-state index contributed by atoms with van der Waals surface area (Å²) in [6.45, 7) is 4.04. The van der Waals surface area contributed by atoms with Gasteiger partial charge >= 0.3 is 0 Å². The topological polar surface area (TPSA) is 46.4 Å². The Morgan fingerprint density at radius 1 is 1.10 bits per heavy atom. The molecule has 1 amide bonds. The van der Waals surface area contributed by atoms with Crippen LogP contribution < -0.4 is 5.43 Å². The van der Waals surface area contributed by atoms with Crippen LogP contribution in [0.25, 0.3) is 5.69 Å². The monoisotopic (exact) mass is 445 g/mol. The first kappa shape index (κ1) is 21.5. The summed E-state index contributed by atoms with van der Waals surface area (Å²) in [5.41, 5.74) is 7.70. The molecular formula is C22H21Cl2N3OS. The predicted molar refractivity (Wildman–Crippen MR) is 124 cm³/mol. The molecule has 0 bridgehead atoms. The minimum atomic E-state index is -0.142. The molecule has 3 aromatic rings. The largest absolute Gasteiger partial charge is 0.318 e. The summed E-state index contributed by atoms with van der Waals surface area (Å²) in [6, 6.07) is 17.4. The zero-order chi connectivity index (χ0) is 20.8. The second-order valence-corrected chi connectivity index (χ2v) is 8.42. The number of aryl methyl sites for hydroxylation is 1. The molecule has 0 fully saturated rings. The maximum absolute atomic E-state index is 12.0. The van der Waals surface area contributed by atoms with Crippen LogP contribution in [0, 0.1) is 13.8 Å². The van der Waals surface area contributed by atoms with Crippen molar-refractivity contribution in [3.63, 3.8) is 0 Å². The Labute approximate surface area is 184 Å². The highest BCUT2D eigenvalue weighted by Gasteiger charge is 2.10. The van der Waals surface area contributed by atoms with Crippen molar-refractivity contribution in [2.24, 2.45) is 5.10 Å². The highest BCUT2D eigenvalue weighted by atomic mass is 35.5. The second kappa shape index (κ2) is 10.0. The van der Waals surface area contributed by atoms with Crippen LogP contribution in [-0.4, -0.2) is 22.4 Å². The number of nitrogens with zero attached hydrogens (tertiary/aromatic N) is 2. The summed E-state index contributed by atoms with van der Waals surface area (Å²) in [5, 5.41) is 5.50. The van der Waals surface area contributed by atoms with Crippen LogP contribution >= 0.6 is 35.0 Å². The van der Waals surface area contributed by atoms with Crippen LogP contribution in [0.2, 0.25) is 10.0 Å². The lowest BCUT2D eigenvalue weighted by molar-refractivity contribution is -0.118. The van der Waals surface area contributed by atoms with Crippen molar-refractivity contribution < 1.29 is 4.79 Å². The van der Waals surface area contributed by atoms with E-state index < -0.39 is 0 Å². The number of thioether (sulfide) groups is 1. The average Bonchev–Trinajstić information content (AvgIpc) is 2.95. The summed E-state index contributed by atoms with van der Waals surface area (Å²) in [7, 11) is 0. The lowest BCUT2D eigenvalue weighted by atomic mass is 10.2. The molecule has 1 heterocycles. The van der Waals surface area contributed by atoms with Crippen molar-refractivity contribution in [3.05, 3.63) is 87.2 Å². The number of benzene rings is 2. The molecule has 1 N–H and O–H groups in total. The normalized spacial score (nSPS) is 11.2. The van der Waals surface area contributed by atoms with E-state index in [9.17, 15) is 4.79 Å². The van der Waals surface area contributed by atoms with E-state index in [2.05, 4.69) is 15.1 Å². The van der Waals surface area contributed by atoms with Gasteiger partial charge in [0.2, 0.25) is 5.91 Å². The fraction of sp³-hybridized carbons (Fsp3) is 0.182. The fourth-order valence-electron chi connectivity index (χ4n) is 3.03. The van der Waals surface area contributed by atoms with Gasteiger partial charge in [0.25, 0.3) is 0 Å². The van der Waals surface area contributed by atoms with Gasteiger partial charge in [-0.1, -0.05) is 41.4 Å². The lowest BCUT2D eigenvalue weighted by Gasteiger charge is -2.09. The van der Waals surface area contributed by atoms with Crippen molar-refractivity contribution in [1.82, 2.24) is 9.99 Å². The summed E-state index contributed by atoms with van der Waals surface area (Å²) < 4.78 is 2.11. The minimum Gasteiger partial charge on any atom is -0.318 e. The molecule has 4 nitrogen and oxygen atoms in total. The van der Waals surface area contributed by atoms with Crippen molar-refractivity contribution in [2.75, 3.05) is 5.75 Å². The zero-order valence-electron chi connectivity index (χ0n) is 16.2. The van der Waals surface area contributed by atoms with Gasteiger partial charge in [0, 0.05) is 38.4 Å². The first-order valence-electron chi connectivity index (χ1n) is 9.03. The van der Waals surface area contributed by atoms with E-state index in [0.717, 1.165) is 34.0 Å². The Bertz CT molecular complexity index is 1050. The molecule has 0 radical (unpaired) electrons. The van der Waals surface area contributed by atoms with Crippen molar-refractivity contribution in [1.29, 1.82) is 0 Å². The molecule has 7 heteroatoms. The first-order valence-corrected chi connectivity index (χ1v) is 10.9. The van der Waals surface area contributed by atoms with Crippen LogP contribution in [0.3, 0.4) is 0 Å². The number of carbonyl (C=O) groups is 1. The predicted octanol–water partition coefficient (Wildman–Crippen LogP) is 5.78. The van der Waals surface area contributed by atoms with Gasteiger partial charge < -0.3 is 4.57 Å². The first-order chi connectivity index (χ1) is 13.9. The van der Waals surface area contributed by atoms with E-state index in [-0.39, 0.29) is 5.91 Å². The molecule has 0 spiro atoms. The Morgan fingerprint density at radius 3 is 2.55 bits per heavy atom. The van der Waals surface area contributed by atoms with Crippen molar-refractivity contribution in [3.8, 4) is 5.69 Å². The average molecular weight is 446 g/mol. The Kier molecular flexibility index (Phi) is 7.42. The quantitative estimate of drug-likeness (QED) is 0.369. The van der Waals surface area contributed by atoms with Gasteiger partial charge in [-0.3, -0.25) is 4.79 Å². The van der Waals surface area contributed by atoms with Gasteiger partial charge in [-0.2, -0.15) is 5.10 Å². The van der Waals surface area contributed by atoms with E-state index in [1.54, 1.807) is 6.21 Å². The van der Waals surface area contributed by atoms with Crippen LogP contribution in [0.15, 0.2) is 59.7 Å². The molecule has 3 rings (SSSR count). The number of halogens is 2. The van der Waals surface area contributed by atoms with E-state index in [1.165, 1.54) is 11.8 Å². The molecule has 29 heavy (non-hydrogen) atoms.